The Morgan fingerprint density at radius 3 is 2.75 bits per heavy atom. The summed E-state index contributed by atoms with van der Waals surface area (Å²) in [4.78, 5) is 10.3. The molecule has 0 radical (unpaired) electrons. The molecule has 0 saturated carbocycles. The van der Waals surface area contributed by atoms with E-state index in [0.29, 0.717) is 5.03 Å². The van der Waals surface area contributed by atoms with Crippen LogP contribution in [0.15, 0.2) is 23.3 Å². The van der Waals surface area contributed by atoms with E-state index in [1.54, 1.807) is 25.2 Å². The Labute approximate surface area is 86.8 Å². The average molecular weight is 223 g/mol. The van der Waals surface area contributed by atoms with Gasteiger partial charge in [0.15, 0.2) is 5.12 Å². The molecule has 2 atom stereocenters. The van der Waals surface area contributed by atoms with Gasteiger partial charge in [0.1, 0.15) is 0 Å². The quantitative estimate of drug-likeness (QED) is 0.411. The molecule has 0 aromatic rings. The number of halogens is 2. The fraction of sp³-hybridized carbons (Fsp3) is 0.375. The van der Waals surface area contributed by atoms with Gasteiger partial charge in [-0.25, -0.2) is 0 Å². The van der Waals surface area contributed by atoms with Gasteiger partial charge in [-0.15, -0.1) is 24.2 Å². The van der Waals surface area contributed by atoms with E-state index in [0.717, 1.165) is 0 Å². The standard InChI is InChI=1S/C8H8Cl2OS/c1-8(10)3-2-5(7(11)12)6(9)4-8/h2-5H,1H3,(H,11,12). The lowest BCUT2D eigenvalue weighted by Gasteiger charge is -2.21. The molecule has 0 spiro atoms. The Morgan fingerprint density at radius 1 is 1.75 bits per heavy atom. The van der Waals surface area contributed by atoms with E-state index in [1.807, 2.05) is 0 Å². The summed E-state index contributed by atoms with van der Waals surface area (Å²) in [6, 6.07) is 0. The number of hydrogen-bond acceptors (Lipinski definition) is 1. The molecule has 0 heterocycles. The van der Waals surface area contributed by atoms with Gasteiger partial charge in [-0.3, -0.25) is 4.79 Å². The van der Waals surface area contributed by atoms with Crippen molar-refractivity contribution in [1.82, 2.24) is 0 Å². The van der Waals surface area contributed by atoms with Crippen molar-refractivity contribution in [3.05, 3.63) is 23.3 Å². The number of rotatable bonds is 1. The van der Waals surface area contributed by atoms with Gasteiger partial charge in [0, 0.05) is 5.03 Å². The van der Waals surface area contributed by atoms with Crippen LogP contribution in [-0.2, 0) is 4.79 Å². The van der Waals surface area contributed by atoms with Crippen molar-refractivity contribution in [2.24, 2.45) is 5.92 Å². The van der Waals surface area contributed by atoms with Gasteiger partial charge in [0.05, 0.1) is 10.8 Å². The van der Waals surface area contributed by atoms with Gasteiger partial charge in [0.2, 0.25) is 0 Å². The van der Waals surface area contributed by atoms with E-state index in [-0.39, 0.29) is 5.12 Å². The second-order valence-electron chi connectivity index (χ2n) is 2.86. The highest BCUT2D eigenvalue weighted by Gasteiger charge is 2.25. The minimum atomic E-state index is -0.573. The van der Waals surface area contributed by atoms with Crippen LogP contribution >= 0.6 is 35.8 Å². The lowest BCUT2D eigenvalue weighted by Crippen LogP contribution is -2.18. The van der Waals surface area contributed by atoms with Gasteiger partial charge in [0.25, 0.3) is 0 Å². The smallest absolute Gasteiger partial charge is 0.198 e. The van der Waals surface area contributed by atoms with Crippen LogP contribution in [0.4, 0.5) is 0 Å². The fourth-order valence-corrected chi connectivity index (χ4v) is 1.93. The first-order valence-electron chi connectivity index (χ1n) is 3.42. The van der Waals surface area contributed by atoms with Crippen LogP contribution in [0.3, 0.4) is 0 Å². The molecule has 12 heavy (non-hydrogen) atoms. The van der Waals surface area contributed by atoms with Crippen molar-refractivity contribution in [3.63, 3.8) is 0 Å². The van der Waals surface area contributed by atoms with Crippen LogP contribution in [-0.4, -0.2) is 9.99 Å². The van der Waals surface area contributed by atoms with Crippen molar-refractivity contribution in [2.45, 2.75) is 11.8 Å². The molecule has 1 aliphatic carbocycles. The first-order chi connectivity index (χ1) is 5.42. The third-order valence-corrected chi connectivity index (χ3v) is 2.46. The zero-order chi connectivity index (χ0) is 9.35. The summed E-state index contributed by atoms with van der Waals surface area (Å²) < 4.78 is 0. The second-order valence-corrected chi connectivity index (χ2v) is 4.55. The third kappa shape index (κ3) is 2.28. The van der Waals surface area contributed by atoms with Crippen molar-refractivity contribution in [1.29, 1.82) is 0 Å². The molecule has 66 valence electrons. The zero-order valence-corrected chi connectivity index (χ0v) is 8.83. The van der Waals surface area contributed by atoms with Crippen LogP contribution < -0.4 is 0 Å². The number of carbonyl (C=O) groups excluding carboxylic acids is 1. The van der Waals surface area contributed by atoms with Crippen LogP contribution in [0.25, 0.3) is 0 Å². The Balaban J connectivity index is 2.91. The lowest BCUT2D eigenvalue weighted by atomic mass is 9.97. The molecule has 0 fully saturated rings. The molecular formula is C8H8Cl2OS. The maximum absolute atomic E-state index is 10.9. The fourth-order valence-electron chi connectivity index (χ4n) is 0.984. The molecule has 0 N–H and O–H groups in total. The van der Waals surface area contributed by atoms with Crippen molar-refractivity contribution >= 4 is 40.9 Å². The topological polar surface area (TPSA) is 17.1 Å². The van der Waals surface area contributed by atoms with E-state index >= 15 is 0 Å². The highest BCUT2D eigenvalue weighted by Crippen LogP contribution is 2.32. The number of thiol groups is 1. The monoisotopic (exact) mass is 222 g/mol. The van der Waals surface area contributed by atoms with E-state index in [4.69, 9.17) is 23.2 Å². The SMILES string of the molecule is CC1(Cl)C=CC(C(=O)S)C(Cl)=C1. The van der Waals surface area contributed by atoms with E-state index in [2.05, 4.69) is 12.6 Å². The van der Waals surface area contributed by atoms with Gasteiger partial charge in [-0.1, -0.05) is 23.8 Å². The predicted molar refractivity (Wildman–Crippen MR) is 54.8 cm³/mol. The molecule has 1 rings (SSSR count). The highest BCUT2D eigenvalue weighted by atomic mass is 35.5. The van der Waals surface area contributed by atoms with Gasteiger partial charge >= 0.3 is 0 Å². The molecule has 0 bridgehead atoms. The van der Waals surface area contributed by atoms with Gasteiger partial charge in [-0.2, -0.15) is 0 Å². The lowest BCUT2D eigenvalue weighted by molar-refractivity contribution is -0.112. The Hall–Kier alpha value is 0.0800. The molecule has 1 aliphatic rings. The number of hydrogen-bond donors (Lipinski definition) is 1. The molecule has 2 unspecified atom stereocenters. The van der Waals surface area contributed by atoms with Crippen molar-refractivity contribution in [3.8, 4) is 0 Å². The number of carbonyl (C=O) groups is 1. The maximum atomic E-state index is 10.9. The summed E-state index contributed by atoms with van der Waals surface area (Å²) >= 11 is 15.5. The van der Waals surface area contributed by atoms with Crippen LogP contribution in [0.1, 0.15) is 6.92 Å². The summed E-state index contributed by atoms with van der Waals surface area (Å²) in [6.07, 6.45) is 5.05. The summed E-state index contributed by atoms with van der Waals surface area (Å²) in [5.74, 6) is -0.429. The Morgan fingerprint density at radius 2 is 2.33 bits per heavy atom. The van der Waals surface area contributed by atoms with Crippen molar-refractivity contribution < 1.29 is 4.79 Å². The first kappa shape index (κ1) is 10.2. The molecule has 4 heteroatoms. The Kier molecular flexibility index (Phi) is 2.92. The predicted octanol–water partition coefficient (Wildman–Crippen LogP) is 2.75. The molecule has 0 saturated heterocycles. The molecule has 0 aromatic carbocycles. The molecule has 0 aliphatic heterocycles. The summed E-state index contributed by atoms with van der Waals surface area (Å²) in [7, 11) is 0. The molecule has 1 nitrogen and oxygen atoms in total. The molecule has 0 aromatic heterocycles. The normalized spacial score (nSPS) is 34.7. The van der Waals surface area contributed by atoms with Crippen LogP contribution in [0.5, 0.6) is 0 Å². The average Bonchev–Trinajstić information content (AvgIpc) is 1.83. The summed E-state index contributed by atoms with van der Waals surface area (Å²) in [5, 5.41) is 0.176. The van der Waals surface area contributed by atoms with E-state index < -0.39 is 10.8 Å². The minimum Gasteiger partial charge on any atom is -0.286 e. The molecular weight excluding hydrogens is 215 g/mol. The van der Waals surface area contributed by atoms with E-state index in [9.17, 15) is 4.79 Å². The number of alkyl halides is 1. The van der Waals surface area contributed by atoms with E-state index in [1.165, 1.54) is 0 Å². The summed E-state index contributed by atoms with van der Waals surface area (Å²) in [5.41, 5.74) is 0. The van der Waals surface area contributed by atoms with Crippen molar-refractivity contribution in [2.75, 3.05) is 0 Å². The highest BCUT2D eigenvalue weighted by molar-refractivity contribution is 7.96. The molecule has 0 amide bonds. The zero-order valence-electron chi connectivity index (χ0n) is 6.42. The van der Waals surface area contributed by atoms with Crippen LogP contribution in [0.2, 0.25) is 0 Å². The first-order valence-corrected chi connectivity index (χ1v) is 4.62. The maximum Gasteiger partial charge on any atom is 0.198 e. The third-order valence-electron chi connectivity index (χ3n) is 1.60. The Bertz CT molecular complexity index is 268. The largest absolute Gasteiger partial charge is 0.286 e. The van der Waals surface area contributed by atoms with Gasteiger partial charge in [-0.05, 0) is 13.0 Å². The van der Waals surface area contributed by atoms with Crippen LogP contribution in [0, 0.1) is 5.92 Å². The number of allylic oxidation sites excluding steroid dienone is 4. The van der Waals surface area contributed by atoms with Gasteiger partial charge < -0.3 is 0 Å². The summed E-state index contributed by atoms with van der Waals surface area (Å²) in [6.45, 7) is 1.80. The minimum absolute atomic E-state index is 0.264. The second kappa shape index (κ2) is 3.44.